The van der Waals surface area contributed by atoms with Crippen LogP contribution in [-0.2, 0) is 31.4 Å². The number of carbonyl (C=O) groups excluding carboxylic acids is 1. The smallest absolute Gasteiger partial charge is 0.475 e. The molecule has 170 valence electrons. The van der Waals surface area contributed by atoms with E-state index in [0.29, 0.717) is 6.54 Å². The van der Waals surface area contributed by atoms with Crippen LogP contribution in [0, 0.1) is 13.8 Å². The highest BCUT2D eigenvalue weighted by molar-refractivity contribution is 5.94. The number of aliphatic carboxylic acids is 1. The Morgan fingerprint density at radius 2 is 1.81 bits per heavy atom. The largest absolute Gasteiger partial charge is 0.490 e. The molecule has 10 heteroatoms. The normalized spacial score (nSPS) is 13.5. The van der Waals surface area contributed by atoms with Crippen LogP contribution < -0.4 is 0 Å². The lowest BCUT2D eigenvalue weighted by atomic mass is 10.0. The van der Waals surface area contributed by atoms with Gasteiger partial charge in [-0.05, 0) is 57.6 Å². The summed E-state index contributed by atoms with van der Waals surface area (Å²) >= 11 is 0. The van der Waals surface area contributed by atoms with Crippen molar-refractivity contribution < 1.29 is 27.9 Å². The predicted octanol–water partition coefficient (Wildman–Crippen LogP) is 2.93. The van der Waals surface area contributed by atoms with E-state index in [1.807, 2.05) is 34.8 Å². The summed E-state index contributed by atoms with van der Waals surface area (Å²) in [5.41, 5.74) is 6.76. The molecule has 0 saturated heterocycles. The van der Waals surface area contributed by atoms with E-state index < -0.39 is 12.1 Å². The maximum Gasteiger partial charge on any atom is 0.490 e. The third-order valence-corrected chi connectivity index (χ3v) is 5.08. The standard InChI is InChI=1S/C19H26N4O.C2HF3O2/c1-13-6-7-15(10-14(13)2)19(24)23-9-8-16-17(11-21(3)4)20-22(5)18(16)12-23;3-2(4,5)1(6)7/h6-7,10H,8-9,11-12H2,1-5H3;(H,6,7). The lowest BCUT2D eigenvalue weighted by Crippen LogP contribution is -2.36. The molecule has 0 fully saturated rings. The molecule has 0 bridgehead atoms. The van der Waals surface area contributed by atoms with Crippen LogP contribution in [0.5, 0.6) is 0 Å². The van der Waals surface area contributed by atoms with Gasteiger partial charge in [0.25, 0.3) is 5.91 Å². The van der Waals surface area contributed by atoms with Crippen LogP contribution in [0.25, 0.3) is 0 Å². The van der Waals surface area contributed by atoms with Gasteiger partial charge < -0.3 is 14.9 Å². The van der Waals surface area contributed by atoms with Crippen LogP contribution in [0.1, 0.15) is 38.4 Å². The number of hydrogen-bond donors (Lipinski definition) is 1. The molecule has 1 aliphatic rings. The summed E-state index contributed by atoms with van der Waals surface area (Å²) in [6.45, 7) is 6.35. The average molecular weight is 440 g/mol. The zero-order valence-corrected chi connectivity index (χ0v) is 18.2. The lowest BCUT2D eigenvalue weighted by molar-refractivity contribution is -0.192. The van der Waals surface area contributed by atoms with Gasteiger partial charge in [-0.3, -0.25) is 9.48 Å². The molecule has 3 rings (SSSR count). The fourth-order valence-electron chi connectivity index (χ4n) is 3.31. The van der Waals surface area contributed by atoms with Crippen LogP contribution in [0.4, 0.5) is 13.2 Å². The number of hydrogen-bond acceptors (Lipinski definition) is 4. The number of amides is 1. The molecular weight excluding hydrogens is 413 g/mol. The van der Waals surface area contributed by atoms with Crippen molar-refractivity contribution in [3.8, 4) is 0 Å². The number of carbonyl (C=O) groups is 2. The fourth-order valence-corrected chi connectivity index (χ4v) is 3.31. The molecule has 7 nitrogen and oxygen atoms in total. The molecule has 2 heterocycles. The van der Waals surface area contributed by atoms with Gasteiger partial charge in [-0.1, -0.05) is 6.07 Å². The second-order valence-corrected chi connectivity index (χ2v) is 7.81. The molecular formula is C21H27F3N4O3. The number of benzene rings is 1. The Kier molecular flexibility index (Phi) is 7.48. The molecule has 31 heavy (non-hydrogen) atoms. The maximum absolute atomic E-state index is 12.9. The summed E-state index contributed by atoms with van der Waals surface area (Å²) in [6, 6.07) is 5.95. The average Bonchev–Trinajstić information content (AvgIpc) is 2.97. The number of alkyl halides is 3. The van der Waals surface area contributed by atoms with Crippen molar-refractivity contribution in [3.63, 3.8) is 0 Å². The predicted molar refractivity (Wildman–Crippen MR) is 109 cm³/mol. The van der Waals surface area contributed by atoms with Crippen molar-refractivity contribution in [2.24, 2.45) is 7.05 Å². The van der Waals surface area contributed by atoms with E-state index in [9.17, 15) is 18.0 Å². The van der Waals surface area contributed by atoms with Gasteiger partial charge in [0.1, 0.15) is 0 Å². The van der Waals surface area contributed by atoms with Crippen molar-refractivity contribution in [2.75, 3.05) is 20.6 Å². The quantitative estimate of drug-likeness (QED) is 0.794. The summed E-state index contributed by atoms with van der Waals surface area (Å²) in [4.78, 5) is 25.8. The third-order valence-electron chi connectivity index (χ3n) is 5.08. The second kappa shape index (κ2) is 9.51. The van der Waals surface area contributed by atoms with Crippen molar-refractivity contribution in [1.29, 1.82) is 0 Å². The molecule has 0 spiro atoms. The van der Waals surface area contributed by atoms with Crippen LogP contribution in [0.2, 0.25) is 0 Å². The van der Waals surface area contributed by atoms with E-state index in [0.717, 1.165) is 42.0 Å². The highest BCUT2D eigenvalue weighted by Crippen LogP contribution is 2.24. The Morgan fingerprint density at radius 1 is 1.19 bits per heavy atom. The maximum atomic E-state index is 12.9. The first-order chi connectivity index (χ1) is 14.3. The van der Waals surface area contributed by atoms with E-state index in [-0.39, 0.29) is 5.91 Å². The molecule has 0 unspecified atom stereocenters. The second-order valence-electron chi connectivity index (χ2n) is 7.81. The van der Waals surface area contributed by atoms with E-state index in [4.69, 9.17) is 9.90 Å². The Morgan fingerprint density at radius 3 is 2.32 bits per heavy atom. The molecule has 0 atom stereocenters. The molecule has 0 aliphatic carbocycles. The lowest BCUT2D eigenvalue weighted by Gasteiger charge is -2.28. The molecule has 1 amide bonds. The Bertz CT molecular complexity index is 968. The fraction of sp³-hybridized carbons (Fsp3) is 0.476. The Balaban J connectivity index is 0.000000423. The monoisotopic (exact) mass is 440 g/mol. The zero-order valence-electron chi connectivity index (χ0n) is 18.2. The molecule has 1 N–H and O–H groups in total. The van der Waals surface area contributed by atoms with Crippen LogP contribution in [-0.4, -0.2) is 63.4 Å². The van der Waals surface area contributed by atoms with Gasteiger partial charge in [0, 0.05) is 31.3 Å². The number of nitrogens with zero attached hydrogens (tertiary/aromatic N) is 4. The number of aromatic nitrogens is 2. The van der Waals surface area contributed by atoms with Crippen LogP contribution in [0.15, 0.2) is 18.2 Å². The van der Waals surface area contributed by atoms with Crippen molar-refractivity contribution in [1.82, 2.24) is 19.6 Å². The number of halogens is 3. The Hall–Kier alpha value is -2.88. The molecule has 1 aromatic carbocycles. The third kappa shape index (κ3) is 6.06. The van der Waals surface area contributed by atoms with Gasteiger partial charge in [-0.15, -0.1) is 0 Å². The highest BCUT2D eigenvalue weighted by Gasteiger charge is 2.38. The number of carboxylic acids is 1. The molecule has 2 aromatic rings. The number of aryl methyl sites for hydroxylation is 3. The molecule has 1 aromatic heterocycles. The van der Waals surface area contributed by atoms with Gasteiger partial charge in [-0.25, -0.2) is 4.79 Å². The van der Waals surface area contributed by atoms with Crippen molar-refractivity contribution in [2.45, 2.75) is 39.5 Å². The first-order valence-corrected chi connectivity index (χ1v) is 9.66. The molecule has 0 radical (unpaired) electrons. The first-order valence-electron chi connectivity index (χ1n) is 9.66. The summed E-state index contributed by atoms with van der Waals surface area (Å²) in [7, 11) is 6.08. The van der Waals surface area contributed by atoms with E-state index in [1.165, 1.54) is 11.1 Å². The summed E-state index contributed by atoms with van der Waals surface area (Å²) in [5, 5.41) is 11.8. The van der Waals surface area contributed by atoms with Crippen LogP contribution >= 0.6 is 0 Å². The summed E-state index contributed by atoms with van der Waals surface area (Å²) in [6.07, 6.45) is -4.21. The van der Waals surface area contributed by atoms with E-state index in [2.05, 4.69) is 37.9 Å². The van der Waals surface area contributed by atoms with E-state index in [1.54, 1.807) is 0 Å². The SMILES string of the molecule is Cc1ccc(C(=O)N2CCc3c(CN(C)C)nn(C)c3C2)cc1C.O=C(O)C(F)(F)F. The van der Waals surface area contributed by atoms with Crippen molar-refractivity contribution >= 4 is 11.9 Å². The minimum Gasteiger partial charge on any atom is -0.475 e. The number of fused-ring (bicyclic) bond motifs is 1. The summed E-state index contributed by atoms with van der Waals surface area (Å²) in [5.74, 6) is -2.65. The Labute approximate surface area is 179 Å². The molecule has 0 saturated carbocycles. The number of carboxylic acid groups (broad SMARTS) is 1. The first kappa shape index (κ1) is 24.4. The van der Waals surface area contributed by atoms with Gasteiger partial charge in [0.15, 0.2) is 0 Å². The number of rotatable bonds is 3. The van der Waals surface area contributed by atoms with E-state index >= 15 is 0 Å². The molecule has 1 aliphatic heterocycles. The van der Waals surface area contributed by atoms with Crippen LogP contribution in [0.3, 0.4) is 0 Å². The van der Waals surface area contributed by atoms with Gasteiger partial charge in [0.05, 0.1) is 17.9 Å². The summed E-state index contributed by atoms with van der Waals surface area (Å²) < 4.78 is 33.7. The van der Waals surface area contributed by atoms with Gasteiger partial charge in [-0.2, -0.15) is 18.3 Å². The minimum absolute atomic E-state index is 0.110. The van der Waals surface area contributed by atoms with Crippen molar-refractivity contribution in [3.05, 3.63) is 51.8 Å². The minimum atomic E-state index is -5.08. The topological polar surface area (TPSA) is 78.7 Å². The zero-order chi connectivity index (χ0) is 23.5. The van der Waals surface area contributed by atoms with Gasteiger partial charge in [0.2, 0.25) is 0 Å². The highest BCUT2D eigenvalue weighted by atomic mass is 19.4. The van der Waals surface area contributed by atoms with Gasteiger partial charge >= 0.3 is 12.1 Å².